The smallest absolute Gasteiger partial charge is 0.274 e. The van der Waals surface area contributed by atoms with Crippen LogP contribution in [0.2, 0.25) is 0 Å². The number of hydrogen-bond donors (Lipinski definition) is 1. The van der Waals surface area contributed by atoms with E-state index in [1.54, 1.807) is 16.6 Å². The molecule has 0 bridgehead atoms. The lowest BCUT2D eigenvalue weighted by Gasteiger charge is -2.20. The summed E-state index contributed by atoms with van der Waals surface area (Å²) in [7, 11) is 1.80. The number of halogens is 1. The monoisotopic (exact) mass is 350 g/mol. The van der Waals surface area contributed by atoms with Crippen LogP contribution in [0.4, 0.5) is 0 Å². The van der Waals surface area contributed by atoms with Crippen molar-refractivity contribution in [3.05, 3.63) is 47.8 Å². The van der Waals surface area contributed by atoms with E-state index in [0.29, 0.717) is 18.2 Å². The fourth-order valence-corrected chi connectivity index (χ4v) is 2.38. The van der Waals surface area contributed by atoms with Gasteiger partial charge in [-0.05, 0) is 37.5 Å². The minimum atomic E-state index is -0.0706. The van der Waals surface area contributed by atoms with Crippen molar-refractivity contribution >= 4 is 18.3 Å². The maximum absolute atomic E-state index is 12.5. The number of aromatic nitrogens is 2. The number of aryl methyl sites for hydroxylation is 1. The van der Waals surface area contributed by atoms with Gasteiger partial charge in [-0.15, -0.1) is 12.4 Å². The Morgan fingerprint density at radius 3 is 2.50 bits per heavy atom. The van der Waals surface area contributed by atoms with E-state index in [2.05, 4.69) is 18.9 Å². The van der Waals surface area contributed by atoms with E-state index in [0.717, 1.165) is 17.8 Å². The molecule has 0 spiro atoms. The molecule has 1 atom stereocenters. The second kappa shape index (κ2) is 8.85. The maximum atomic E-state index is 12.5. The molecule has 5 nitrogen and oxygen atoms in total. The number of para-hydroxylation sites is 1. The molecule has 1 aromatic carbocycles. The molecule has 2 rings (SSSR count). The summed E-state index contributed by atoms with van der Waals surface area (Å²) in [4.78, 5) is 14.2. The van der Waals surface area contributed by atoms with Crippen molar-refractivity contribution in [2.45, 2.75) is 33.2 Å². The minimum Gasteiger partial charge on any atom is -0.340 e. The molecule has 2 aromatic rings. The van der Waals surface area contributed by atoms with Crippen LogP contribution in [0.15, 0.2) is 36.4 Å². The predicted octanol–water partition coefficient (Wildman–Crippen LogP) is 3.05. The number of rotatable bonds is 6. The normalized spacial score (nSPS) is 11.9. The Kier molecular flexibility index (Phi) is 7.45. The van der Waals surface area contributed by atoms with E-state index in [1.165, 1.54) is 0 Å². The van der Waals surface area contributed by atoms with E-state index < -0.39 is 0 Å². The topological polar surface area (TPSA) is 64.2 Å². The number of nitrogens with zero attached hydrogens (tertiary/aromatic N) is 3. The van der Waals surface area contributed by atoms with Crippen molar-refractivity contribution < 1.29 is 4.79 Å². The second-order valence-electron chi connectivity index (χ2n) is 6.34. The highest BCUT2D eigenvalue weighted by Crippen LogP contribution is 2.13. The number of carbonyl (C=O) groups excluding carboxylic acids is 1. The first-order valence-electron chi connectivity index (χ1n) is 8.03. The summed E-state index contributed by atoms with van der Waals surface area (Å²) >= 11 is 0. The van der Waals surface area contributed by atoms with Gasteiger partial charge >= 0.3 is 0 Å². The third-order valence-electron chi connectivity index (χ3n) is 4.11. The van der Waals surface area contributed by atoms with Crippen LogP contribution < -0.4 is 5.73 Å². The fourth-order valence-electron chi connectivity index (χ4n) is 2.38. The number of amides is 1. The molecule has 0 fully saturated rings. The summed E-state index contributed by atoms with van der Waals surface area (Å²) < 4.78 is 1.79. The van der Waals surface area contributed by atoms with Gasteiger partial charge in [-0.25, -0.2) is 4.68 Å². The van der Waals surface area contributed by atoms with Gasteiger partial charge < -0.3 is 10.6 Å². The standard InChI is InChI=1S/C18H26N4O.ClH/c1-13(2)16(19)10-11-21(4)18(23)17-12-14(3)22(20-17)15-8-6-5-7-9-15;/h5-9,12-13,16H,10-11,19H2,1-4H3;1H. The van der Waals surface area contributed by atoms with Crippen LogP contribution in [0.3, 0.4) is 0 Å². The van der Waals surface area contributed by atoms with Crippen LogP contribution >= 0.6 is 12.4 Å². The van der Waals surface area contributed by atoms with Gasteiger partial charge in [0.2, 0.25) is 0 Å². The molecule has 1 unspecified atom stereocenters. The zero-order valence-electron chi connectivity index (χ0n) is 14.8. The van der Waals surface area contributed by atoms with Crippen LogP contribution in [0, 0.1) is 12.8 Å². The summed E-state index contributed by atoms with van der Waals surface area (Å²) in [5.74, 6) is 0.344. The minimum absolute atomic E-state index is 0. The van der Waals surface area contributed by atoms with Crippen molar-refractivity contribution in [2.75, 3.05) is 13.6 Å². The first-order valence-corrected chi connectivity index (χ1v) is 8.03. The van der Waals surface area contributed by atoms with Gasteiger partial charge in [0, 0.05) is 25.3 Å². The number of carbonyl (C=O) groups is 1. The molecule has 0 aliphatic rings. The van der Waals surface area contributed by atoms with Crippen LogP contribution in [0.25, 0.3) is 5.69 Å². The molecule has 0 radical (unpaired) electrons. The van der Waals surface area contributed by atoms with Gasteiger partial charge in [-0.2, -0.15) is 5.10 Å². The van der Waals surface area contributed by atoms with E-state index in [-0.39, 0.29) is 24.4 Å². The Balaban J connectivity index is 0.00000288. The van der Waals surface area contributed by atoms with Gasteiger partial charge in [-0.1, -0.05) is 32.0 Å². The summed E-state index contributed by atoms with van der Waals surface area (Å²) in [6, 6.07) is 11.7. The van der Waals surface area contributed by atoms with E-state index >= 15 is 0 Å². The lowest BCUT2D eigenvalue weighted by molar-refractivity contribution is 0.0783. The molecule has 1 heterocycles. The molecule has 6 heteroatoms. The molecule has 132 valence electrons. The highest BCUT2D eigenvalue weighted by atomic mass is 35.5. The van der Waals surface area contributed by atoms with Crippen LogP contribution in [0.5, 0.6) is 0 Å². The van der Waals surface area contributed by atoms with Gasteiger partial charge in [0.1, 0.15) is 0 Å². The van der Waals surface area contributed by atoms with Crippen molar-refractivity contribution in [1.82, 2.24) is 14.7 Å². The molecule has 0 aliphatic heterocycles. The Morgan fingerprint density at radius 1 is 1.29 bits per heavy atom. The second-order valence-corrected chi connectivity index (χ2v) is 6.34. The van der Waals surface area contributed by atoms with Crippen molar-refractivity contribution in [2.24, 2.45) is 11.7 Å². The van der Waals surface area contributed by atoms with E-state index in [9.17, 15) is 4.79 Å². The summed E-state index contributed by atoms with van der Waals surface area (Å²) in [5, 5.41) is 4.46. The molecule has 1 aromatic heterocycles. The van der Waals surface area contributed by atoms with Crippen LogP contribution in [0.1, 0.15) is 36.5 Å². The van der Waals surface area contributed by atoms with Gasteiger partial charge in [0.25, 0.3) is 5.91 Å². The first-order chi connectivity index (χ1) is 10.9. The number of benzene rings is 1. The van der Waals surface area contributed by atoms with E-state index in [1.807, 2.05) is 43.3 Å². The Morgan fingerprint density at radius 2 is 1.92 bits per heavy atom. The summed E-state index contributed by atoms with van der Waals surface area (Å²) in [6.07, 6.45) is 0.790. The molecule has 1 amide bonds. The molecule has 0 aliphatic carbocycles. The molecular weight excluding hydrogens is 324 g/mol. The van der Waals surface area contributed by atoms with Crippen molar-refractivity contribution in [3.8, 4) is 5.69 Å². The number of nitrogens with two attached hydrogens (primary N) is 1. The average molecular weight is 351 g/mol. The average Bonchev–Trinajstić information content (AvgIpc) is 2.94. The van der Waals surface area contributed by atoms with Gasteiger partial charge in [-0.3, -0.25) is 4.79 Å². The van der Waals surface area contributed by atoms with Crippen LogP contribution in [-0.4, -0.2) is 40.2 Å². The van der Waals surface area contributed by atoms with Crippen molar-refractivity contribution in [1.29, 1.82) is 0 Å². The SMILES string of the molecule is Cc1cc(C(=O)N(C)CCC(N)C(C)C)nn1-c1ccccc1.Cl. The van der Waals surface area contributed by atoms with Gasteiger partial charge in [0.05, 0.1) is 5.69 Å². The highest BCUT2D eigenvalue weighted by Gasteiger charge is 2.18. The Hall–Kier alpha value is -1.85. The maximum Gasteiger partial charge on any atom is 0.274 e. The third-order valence-corrected chi connectivity index (χ3v) is 4.11. The number of hydrogen-bond acceptors (Lipinski definition) is 3. The molecule has 24 heavy (non-hydrogen) atoms. The van der Waals surface area contributed by atoms with Crippen molar-refractivity contribution in [3.63, 3.8) is 0 Å². The third kappa shape index (κ3) is 4.82. The quantitative estimate of drug-likeness (QED) is 0.870. The lowest BCUT2D eigenvalue weighted by atomic mass is 10.0. The zero-order chi connectivity index (χ0) is 17.0. The largest absolute Gasteiger partial charge is 0.340 e. The van der Waals surface area contributed by atoms with Crippen LogP contribution in [-0.2, 0) is 0 Å². The lowest BCUT2D eigenvalue weighted by Crippen LogP contribution is -2.34. The zero-order valence-corrected chi connectivity index (χ0v) is 15.6. The fraction of sp³-hybridized carbons (Fsp3) is 0.444. The first kappa shape index (κ1) is 20.2. The summed E-state index contributed by atoms with van der Waals surface area (Å²) in [6.45, 7) is 6.77. The molecular formula is C18H27ClN4O. The molecule has 2 N–H and O–H groups in total. The summed E-state index contributed by atoms with van der Waals surface area (Å²) in [5.41, 5.74) is 8.40. The van der Waals surface area contributed by atoms with Gasteiger partial charge in [0.15, 0.2) is 5.69 Å². The predicted molar refractivity (Wildman–Crippen MR) is 99.9 cm³/mol. The Labute approximate surface area is 150 Å². The highest BCUT2D eigenvalue weighted by molar-refractivity contribution is 5.92. The van der Waals surface area contributed by atoms with E-state index in [4.69, 9.17) is 5.73 Å². The molecule has 0 saturated carbocycles. The Bertz CT molecular complexity index is 654. The molecule has 0 saturated heterocycles.